The third kappa shape index (κ3) is 31.6. The minimum Gasteiger partial charge on any atom is -0.452 e. The Morgan fingerprint density at radius 2 is 0.500 bits per heavy atom. The first-order valence-electron chi connectivity index (χ1n) is 32.1. The van der Waals surface area contributed by atoms with Crippen molar-refractivity contribution in [3.05, 3.63) is 123 Å². The lowest BCUT2D eigenvalue weighted by molar-refractivity contribution is -0.190. The molecule has 0 bridgehead atoms. The topological polar surface area (TPSA) is 281 Å². The van der Waals surface area contributed by atoms with Gasteiger partial charge in [0.2, 0.25) is 52.2 Å². The number of hydrogen-bond acceptors (Lipinski definition) is 25. The van der Waals surface area contributed by atoms with Crippen LogP contribution in [0, 0.1) is 69.8 Å². The van der Waals surface area contributed by atoms with E-state index in [9.17, 15) is 81.5 Å². The number of imide groups is 1. The van der Waals surface area contributed by atoms with Crippen molar-refractivity contribution in [2.75, 3.05) is 205 Å². The maximum absolute atomic E-state index is 14.2. The van der Waals surface area contributed by atoms with Gasteiger partial charge in [0, 0.05) is 18.2 Å². The molecule has 1 aliphatic heterocycles. The third-order valence-corrected chi connectivity index (χ3v) is 13.5. The Labute approximate surface area is 587 Å². The van der Waals surface area contributed by atoms with Gasteiger partial charge >= 0.3 is 23.9 Å². The van der Waals surface area contributed by atoms with Crippen molar-refractivity contribution in [1.29, 1.82) is 0 Å². The lowest BCUT2D eigenvalue weighted by Crippen LogP contribution is -2.49. The van der Waals surface area contributed by atoms with E-state index in [0.29, 0.717) is 117 Å². The molecule has 0 N–H and O–H groups in total. The van der Waals surface area contributed by atoms with E-state index in [0.717, 1.165) is 0 Å². The van der Waals surface area contributed by atoms with Crippen LogP contribution < -0.4 is 14.2 Å². The monoisotopic (exact) mass is 1510 g/mol. The molecular weight excluding hydrogens is 1430 g/mol. The highest BCUT2D eigenvalue weighted by Gasteiger charge is 2.38. The molecule has 4 aromatic rings. The van der Waals surface area contributed by atoms with Crippen molar-refractivity contribution in [3.63, 3.8) is 0 Å². The van der Waals surface area contributed by atoms with Crippen molar-refractivity contribution in [2.24, 2.45) is 0 Å². The summed E-state index contributed by atoms with van der Waals surface area (Å²) in [6.45, 7) is 1.15. The standard InChI is InChI=1S/C66H77F12NO25/c67-45-37-46(68)56(74)61(55(45)73)101-51(80)5-11-98-40-66(41-99-12-6-52(81)102-62-57(75)47(69)38-48(70)58(62)76,42-100-13-7-53(82)103-63-59(77)49(71)39-50(72)60(63)78)104-54(83)8-10-86-15-17-88-19-21-90-23-25-92-27-29-94-31-33-96-35-36-97-34-32-95-30-28-93-26-24-91-22-20-89-18-16-87-14-9-79-64(84)43-3-1-2-4-44(43)65(79)85/h1-4,37-39H,5-36,40-42H2. The van der Waals surface area contributed by atoms with Gasteiger partial charge in [0.1, 0.15) is 0 Å². The van der Waals surface area contributed by atoms with Gasteiger partial charge in [0.25, 0.3) is 11.8 Å². The van der Waals surface area contributed by atoms with Crippen LogP contribution in [-0.2, 0) is 95.0 Å². The molecular formula is C66H77F12NO25. The number of amides is 2. The predicted molar refractivity (Wildman–Crippen MR) is 327 cm³/mol. The molecule has 580 valence electrons. The zero-order chi connectivity index (χ0) is 75.5. The Balaban J connectivity index is 0.891. The molecule has 0 unspecified atom stereocenters. The van der Waals surface area contributed by atoms with Crippen LogP contribution >= 0.6 is 0 Å². The first-order chi connectivity index (χ1) is 50.1. The van der Waals surface area contributed by atoms with Gasteiger partial charge in [-0.05, 0) is 12.1 Å². The smallest absolute Gasteiger partial charge is 0.313 e. The minimum absolute atomic E-state index is 0.00543. The van der Waals surface area contributed by atoms with Crippen LogP contribution in [0.15, 0.2) is 42.5 Å². The SMILES string of the molecule is O=C(CCOCC(COCCC(=O)Oc1c(F)c(F)cc(F)c1F)(COCCC(=O)Oc1c(F)c(F)cc(F)c1F)OC(=O)CCOCCOCCOCCOCCOCCOCCOCCOCCOCCOCCOCCOCCN1C(=O)c2ccccc2C1=O)Oc1c(F)c(F)cc(F)c1F. The summed E-state index contributed by atoms with van der Waals surface area (Å²) in [4.78, 5) is 76.9. The van der Waals surface area contributed by atoms with Crippen LogP contribution in [0.25, 0.3) is 0 Å². The van der Waals surface area contributed by atoms with Gasteiger partial charge in [0.15, 0.2) is 40.5 Å². The third-order valence-electron chi connectivity index (χ3n) is 13.5. The highest BCUT2D eigenvalue weighted by atomic mass is 19.2. The van der Waals surface area contributed by atoms with Crippen LogP contribution in [0.1, 0.15) is 46.4 Å². The van der Waals surface area contributed by atoms with E-state index in [1.54, 1.807) is 24.3 Å². The van der Waals surface area contributed by atoms with E-state index in [1.807, 2.05) is 0 Å². The van der Waals surface area contributed by atoms with Gasteiger partial charge in [-0.25, -0.2) is 26.3 Å². The van der Waals surface area contributed by atoms with Crippen molar-refractivity contribution in [2.45, 2.75) is 31.3 Å². The van der Waals surface area contributed by atoms with E-state index < -0.39 is 182 Å². The summed E-state index contributed by atoms with van der Waals surface area (Å²) in [5, 5.41) is 0. The number of hydrogen-bond donors (Lipinski definition) is 0. The Morgan fingerprint density at radius 3 is 0.750 bits per heavy atom. The molecule has 0 aliphatic carbocycles. The minimum atomic E-state index is -2.29. The van der Waals surface area contributed by atoms with E-state index in [-0.39, 0.29) is 89.4 Å². The molecule has 1 heterocycles. The molecule has 5 rings (SSSR count). The molecule has 104 heavy (non-hydrogen) atoms. The van der Waals surface area contributed by atoms with Crippen LogP contribution in [0.5, 0.6) is 17.2 Å². The molecule has 4 aromatic carbocycles. The average molecular weight is 1510 g/mol. The van der Waals surface area contributed by atoms with Gasteiger partial charge in [-0.2, -0.15) is 26.3 Å². The maximum Gasteiger partial charge on any atom is 0.313 e. The second kappa shape index (κ2) is 49.3. The van der Waals surface area contributed by atoms with Gasteiger partial charge in [-0.1, -0.05) is 12.1 Å². The van der Waals surface area contributed by atoms with Crippen LogP contribution in [0.4, 0.5) is 52.7 Å². The van der Waals surface area contributed by atoms with Crippen molar-refractivity contribution >= 4 is 35.7 Å². The Morgan fingerprint density at radius 1 is 0.288 bits per heavy atom. The highest BCUT2D eigenvalue weighted by molar-refractivity contribution is 6.21. The number of carbonyl (C=O) groups excluding carboxylic acids is 6. The van der Waals surface area contributed by atoms with E-state index in [2.05, 4.69) is 14.2 Å². The first kappa shape index (κ1) is 87.1. The molecule has 0 fully saturated rings. The summed E-state index contributed by atoms with van der Waals surface area (Å²) in [6.07, 6.45) is -3.39. The number of fused-ring (bicyclic) bond motifs is 1. The Hall–Kier alpha value is -7.54. The number of benzene rings is 4. The van der Waals surface area contributed by atoms with E-state index in [4.69, 9.17) is 75.8 Å². The summed E-state index contributed by atoms with van der Waals surface area (Å²) >= 11 is 0. The molecule has 2 amide bonds. The lowest BCUT2D eigenvalue weighted by Gasteiger charge is -2.33. The van der Waals surface area contributed by atoms with Crippen molar-refractivity contribution < 1.29 is 171 Å². The number of halogens is 12. The Bertz CT molecular complexity index is 3010. The summed E-state index contributed by atoms with van der Waals surface area (Å²) in [7, 11) is 0. The zero-order valence-corrected chi connectivity index (χ0v) is 56.0. The first-order valence-corrected chi connectivity index (χ1v) is 32.1. The van der Waals surface area contributed by atoms with E-state index in [1.165, 1.54) is 4.90 Å². The average Bonchev–Trinajstić information content (AvgIpc) is 1.61. The number of ether oxygens (including phenoxy) is 19. The summed E-state index contributed by atoms with van der Waals surface area (Å²) in [6, 6.07) is 6.23. The maximum atomic E-state index is 14.2. The lowest BCUT2D eigenvalue weighted by atomic mass is 10.1. The Kier molecular flexibility index (Phi) is 41.3. The molecule has 26 nitrogen and oxygen atoms in total. The quantitative estimate of drug-likeness (QED) is 0.0109. The highest BCUT2D eigenvalue weighted by Crippen LogP contribution is 2.30. The molecule has 0 atom stereocenters. The van der Waals surface area contributed by atoms with Crippen molar-refractivity contribution in [3.8, 4) is 17.2 Å². The zero-order valence-electron chi connectivity index (χ0n) is 56.0. The fourth-order valence-electron chi connectivity index (χ4n) is 8.44. The summed E-state index contributed by atoms with van der Waals surface area (Å²) in [5.41, 5.74) is -1.49. The normalized spacial score (nSPS) is 12.2. The van der Waals surface area contributed by atoms with Crippen LogP contribution in [-0.4, -0.2) is 251 Å². The summed E-state index contributed by atoms with van der Waals surface area (Å²) < 4.78 is 269. The fraction of sp³-hybridized carbons (Fsp3) is 0.545. The van der Waals surface area contributed by atoms with Crippen LogP contribution in [0.3, 0.4) is 0 Å². The molecule has 0 radical (unpaired) electrons. The second-order valence-corrected chi connectivity index (χ2v) is 21.3. The fourth-order valence-corrected chi connectivity index (χ4v) is 8.44. The second-order valence-electron chi connectivity index (χ2n) is 21.3. The number of esters is 4. The molecule has 0 saturated carbocycles. The van der Waals surface area contributed by atoms with E-state index >= 15 is 0 Å². The molecule has 1 aliphatic rings. The molecule has 0 aromatic heterocycles. The van der Waals surface area contributed by atoms with Crippen LogP contribution in [0.2, 0.25) is 0 Å². The van der Waals surface area contributed by atoms with Crippen molar-refractivity contribution in [1.82, 2.24) is 4.90 Å². The number of rotatable bonds is 58. The van der Waals surface area contributed by atoms with Gasteiger partial charge in [-0.3, -0.25) is 33.7 Å². The summed E-state index contributed by atoms with van der Waals surface area (Å²) in [5.74, 6) is -35.5. The predicted octanol–water partition coefficient (Wildman–Crippen LogP) is 6.86. The van der Waals surface area contributed by atoms with Gasteiger partial charge in [0.05, 0.1) is 242 Å². The largest absolute Gasteiger partial charge is 0.452 e. The molecule has 0 saturated heterocycles. The molecule has 0 spiro atoms. The van der Waals surface area contributed by atoms with Gasteiger partial charge < -0.3 is 90.0 Å². The molecule has 38 heteroatoms. The number of nitrogens with zero attached hydrogens (tertiary/aromatic N) is 1. The van der Waals surface area contributed by atoms with Gasteiger partial charge in [-0.15, -0.1) is 0 Å². The number of carbonyl (C=O) groups is 6.